The highest BCUT2D eigenvalue weighted by molar-refractivity contribution is 6.02. The summed E-state index contributed by atoms with van der Waals surface area (Å²) < 4.78 is 1.80. The predicted molar refractivity (Wildman–Crippen MR) is 95.3 cm³/mol. The summed E-state index contributed by atoms with van der Waals surface area (Å²) in [5, 5.41) is 9.54. The molecule has 0 aliphatic heterocycles. The molecule has 0 radical (unpaired) electrons. The van der Waals surface area contributed by atoms with Crippen LogP contribution in [-0.2, 0) is 6.54 Å². The summed E-state index contributed by atoms with van der Waals surface area (Å²) in [6.07, 6.45) is 6.26. The molecule has 1 amide bonds. The van der Waals surface area contributed by atoms with Gasteiger partial charge in [-0.15, -0.1) is 0 Å². The number of fused-ring (bicyclic) bond motifs is 1. The van der Waals surface area contributed by atoms with Crippen LogP contribution in [0.25, 0.3) is 10.8 Å². The van der Waals surface area contributed by atoms with Crippen molar-refractivity contribution in [2.24, 2.45) is 0 Å². The number of benzene rings is 2. The van der Waals surface area contributed by atoms with Crippen molar-refractivity contribution >= 4 is 22.5 Å². The van der Waals surface area contributed by atoms with Crippen molar-refractivity contribution in [1.82, 2.24) is 19.7 Å². The van der Waals surface area contributed by atoms with Crippen LogP contribution in [0.4, 0.5) is 5.82 Å². The first-order valence-electron chi connectivity index (χ1n) is 7.87. The lowest BCUT2D eigenvalue weighted by Crippen LogP contribution is -2.14. The minimum atomic E-state index is -0.330. The Hall–Kier alpha value is -3.54. The minimum Gasteiger partial charge on any atom is -0.304 e. The van der Waals surface area contributed by atoms with E-state index in [1.807, 2.05) is 24.4 Å². The number of carbonyl (C=O) groups is 1. The fraction of sp³-hybridized carbons (Fsp3) is 0.0526. The van der Waals surface area contributed by atoms with Gasteiger partial charge in [0.15, 0.2) is 5.82 Å². The van der Waals surface area contributed by atoms with Crippen LogP contribution >= 0.6 is 0 Å². The molecule has 0 aliphatic carbocycles. The number of carbonyl (C=O) groups excluding carboxylic acids is 1. The van der Waals surface area contributed by atoms with E-state index in [1.54, 1.807) is 10.7 Å². The monoisotopic (exact) mass is 329 g/mol. The van der Waals surface area contributed by atoms with Gasteiger partial charge in [0.2, 0.25) is 0 Å². The lowest BCUT2D eigenvalue weighted by Gasteiger charge is -2.07. The fourth-order valence-corrected chi connectivity index (χ4v) is 2.72. The molecule has 0 spiro atoms. The summed E-state index contributed by atoms with van der Waals surface area (Å²) in [5.74, 6) is 0.152. The van der Waals surface area contributed by atoms with Crippen molar-refractivity contribution in [3.8, 4) is 0 Å². The summed E-state index contributed by atoms with van der Waals surface area (Å²) in [6.45, 7) is 0.627. The van der Waals surface area contributed by atoms with E-state index in [0.717, 1.165) is 0 Å². The summed E-state index contributed by atoms with van der Waals surface area (Å²) in [7, 11) is 0. The number of rotatable bonds is 4. The van der Waals surface area contributed by atoms with Crippen LogP contribution in [0.15, 0.2) is 73.3 Å². The van der Waals surface area contributed by atoms with Gasteiger partial charge in [-0.1, -0.05) is 42.5 Å². The molecule has 0 saturated heterocycles. The zero-order valence-electron chi connectivity index (χ0n) is 13.3. The smallest absolute Gasteiger partial charge is 0.277 e. The van der Waals surface area contributed by atoms with Crippen LogP contribution in [0, 0.1) is 0 Å². The molecule has 2 heterocycles. The highest BCUT2D eigenvalue weighted by atomic mass is 16.2. The van der Waals surface area contributed by atoms with Crippen LogP contribution in [0.1, 0.15) is 16.1 Å². The van der Waals surface area contributed by atoms with E-state index in [1.165, 1.54) is 34.9 Å². The Balaban J connectivity index is 1.52. The topological polar surface area (TPSA) is 72.7 Å². The third-order valence-electron chi connectivity index (χ3n) is 3.89. The molecule has 2 aromatic carbocycles. The molecule has 2 aromatic heterocycles. The fourth-order valence-electron chi connectivity index (χ4n) is 2.72. The van der Waals surface area contributed by atoms with Gasteiger partial charge in [0, 0.05) is 24.7 Å². The van der Waals surface area contributed by atoms with E-state index in [2.05, 4.69) is 44.6 Å². The van der Waals surface area contributed by atoms with Gasteiger partial charge in [-0.05, 0) is 16.3 Å². The molecule has 0 bridgehead atoms. The van der Waals surface area contributed by atoms with Crippen LogP contribution in [0.2, 0.25) is 0 Å². The highest BCUT2D eigenvalue weighted by Crippen LogP contribution is 2.19. The van der Waals surface area contributed by atoms with Crippen LogP contribution in [0.5, 0.6) is 0 Å². The molecule has 0 atom stereocenters. The van der Waals surface area contributed by atoms with Gasteiger partial charge in [-0.25, -0.2) is 4.98 Å². The number of hydrogen-bond acceptors (Lipinski definition) is 4. The average molecular weight is 329 g/mol. The van der Waals surface area contributed by atoms with Crippen molar-refractivity contribution in [2.75, 3.05) is 5.32 Å². The minimum absolute atomic E-state index is 0.256. The molecule has 0 fully saturated rings. The molecule has 0 unspecified atom stereocenters. The van der Waals surface area contributed by atoms with E-state index in [0.29, 0.717) is 12.4 Å². The van der Waals surface area contributed by atoms with Gasteiger partial charge in [-0.3, -0.25) is 14.5 Å². The normalized spacial score (nSPS) is 10.7. The Bertz CT molecular complexity index is 1020. The number of nitrogens with zero attached hydrogens (tertiary/aromatic N) is 4. The first kappa shape index (κ1) is 15.0. The number of anilines is 1. The van der Waals surface area contributed by atoms with E-state index < -0.39 is 0 Å². The van der Waals surface area contributed by atoms with E-state index in [-0.39, 0.29) is 11.6 Å². The Morgan fingerprint density at radius 2 is 1.92 bits per heavy atom. The lowest BCUT2D eigenvalue weighted by molar-refractivity contribution is 0.102. The number of nitrogens with one attached hydrogen (secondary N) is 1. The highest BCUT2D eigenvalue weighted by Gasteiger charge is 2.09. The van der Waals surface area contributed by atoms with Gasteiger partial charge < -0.3 is 5.32 Å². The maximum atomic E-state index is 12.1. The second kappa shape index (κ2) is 6.52. The molecular formula is C19H15N5O. The maximum absolute atomic E-state index is 12.1. The van der Waals surface area contributed by atoms with Gasteiger partial charge in [0.1, 0.15) is 5.69 Å². The Morgan fingerprint density at radius 3 is 2.80 bits per heavy atom. The molecule has 6 nitrogen and oxygen atoms in total. The van der Waals surface area contributed by atoms with Gasteiger partial charge in [0.05, 0.1) is 12.7 Å². The Labute approximate surface area is 144 Å². The van der Waals surface area contributed by atoms with Gasteiger partial charge >= 0.3 is 0 Å². The summed E-state index contributed by atoms with van der Waals surface area (Å²) in [4.78, 5) is 20.0. The first-order chi connectivity index (χ1) is 12.3. The van der Waals surface area contributed by atoms with Crippen LogP contribution in [0.3, 0.4) is 0 Å². The Kier molecular flexibility index (Phi) is 3.92. The zero-order valence-corrected chi connectivity index (χ0v) is 13.3. The maximum Gasteiger partial charge on any atom is 0.277 e. The lowest BCUT2D eigenvalue weighted by atomic mass is 10.0. The molecule has 4 aromatic rings. The van der Waals surface area contributed by atoms with Gasteiger partial charge in [-0.2, -0.15) is 5.10 Å². The third-order valence-corrected chi connectivity index (χ3v) is 3.89. The molecule has 4 rings (SSSR count). The molecule has 1 N–H and O–H groups in total. The second-order valence-corrected chi connectivity index (χ2v) is 5.58. The van der Waals surface area contributed by atoms with E-state index >= 15 is 0 Å². The summed E-state index contributed by atoms with van der Waals surface area (Å²) >= 11 is 0. The van der Waals surface area contributed by atoms with E-state index in [9.17, 15) is 4.79 Å². The summed E-state index contributed by atoms with van der Waals surface area (Å²) in [6, 6.07) is 16.2. The van der Waals surface area contributed by atoms with Crippen LogP contribution in [-0.4, -0.2) is 25.7 Å². The molecule has 0 aliphatic rings. The number of hydrogen-bond donors (Lipinski definition) is 1. The average Bonchev–Trinajstić information content (AvgIpc) is 3.09. The number of amides is 1. The molecular weight excluding hydrogens is 314 g/mol. The van der Waals surface area contributed by atoms with Gasteiger partial charge in [0.25, 0.3) is 5.91 Å². The molecule has 122 valence electrons. The molecule has 25 heavy (non-hydrogen) atoms. The molecule has 6 heteroatoms. The number of aromatic nitrogens is 4. The predicted octanol–water partition coefficient (Wildman–Crippen LogP) is 3.13. The van der Waals surface area contributed by atoms with E-state index in [4.69, 9.17) is 0 Å². The van der Waals surface area contributed by atoms with Crippen molar-refractivity contribution in [2.45, 2.75) is 6.54 Å². The van der Waals surface area contributed by atoms with Crippen molar-refractivity contribution in [1.29, 1.82) is 0 Å². The SMILES string of the molecule is O=C(Nc1ccn(Cc2cccc3ccccc23)n1)c1cnccn1. The van der Waals surface area contributed by atoms with Crippen molar-refractivity contribution in [3.05, 3.63) is 84.6 Å². The third kappa shape index (κ3) is 3.23. The van der Waals surface area contributed by atoms with Crippen molar-refractivity contribution < 1.29 is 4.79 Å². The molecule has 0 saturated carbocycles. The Morgan fingerprint density at radius 1 is 1.04 bits per heavy atom. The first-order valence-corrected chi connectivity index (χ1v) is 7.87. The van der Waals surface area contributed by atoms with Crippen molar-refractivity contribution in [3.63, 3.8) is 0 Å². The largest absolute Gasteiger partial charge is 0.304 e. The summed E-state index contributed by atoms with van der Waals surface area (Å²) in [5.41, 5.74) is 1.43. The second-order valence-electron chi connectivity index (χ2n) is 5.58. The zero-order chi connectivity index (χ0) is 17.1. The quantitative estimate of drug-likeness (QED) is 0.624. The van der Waals surface area contributed by atoms with Crippen LogP contribution < -0.4 is 5.32 Å². The standard InChI is InChI=1S/C19H15N5O/c25-19(17-12-20-9-10-21-17)22-18-8-11-24(23-18)13-15-6-3-5-14-4-1-2-7-16(14)15/h1-12H,13H2,(H,22,23,25).